The Morgan fingerprint density at radius 2 is 2.26 bits per heavy atom. The molecule has 0 amide bonds. The number of carbonyl (C=O) groups is 1. The normalized spacial score (nSPS) is 18.4. The van der Waals surface area contributed by atoms with Gasteiger partial charge in [0.2, 0.25) is 6.79 Å². The summed E-state index contributed by atoms with van der Waals surface area (Å²) in [7, 11) is 0. The summed E-state index contributed by atoms with van der Waals surface area (Å²) < 4.78 is 25.2. The average molecular weight is 331 g/mol. The predicted molar refractivity (Wildman–Crippen MR) is 67.9 cm³/mol. The van der Waals surface area contributed by atoms with E-state index in [4.69, 9.17) is 14.6 Å². The van der Waals surface area contributed by atoms with Crippen molar-refractivity contribution in [2.75, 3.05) is 6.79 Å². The van der Waals surface area contributed by atoms with Crippen molar-refractivity contribution in [3.05, 3.63) is 21.9 Å². The zero-order valence-electron chi connectivity index (χ0n) is 9.99. The minimum atomic E-state index is -0.916. The quantitative estimate of drug-likeness (QED) is 0.920. The molecule has 19 heavy (non-hydrogen) atoms. The fourth-order valence-corrected chi connectivity index (χ4v) is 3.31. The molecule has 0 bridgehead atoms. The SMILES string of the molecule is O=C(O)CC(c1c(F)cc2c(c1Br)OCO2)C1CC1. The van der Waals surface area contributed by atoms with Crippen molar-refractivity contribution in [2.45, 2.75) is 25.2 Å². The van der Waals surface area contributed by atoms with Gasteiger partial charge in [0.1, 0.15) is 5.82 Å². The summed E-state index contributed by atoms with van der Waals surface area (Å²) in [5, 5.41) is 9.00. The number of hydrogen-bond acceptors (Lipinski definition) is 3. The van der Waals surface area contributed by atoms with E-state index in [1.54, 1.807) is 0 Å². The number of carboxylic acid groups (broad SMARTS) is 1. The second-order valence-corrected chi connectivity index (χ2v) is 5.65. The zero-order valence-corrected chi connectivity index (χ0v) is 11.6. The second-order valence-electron chi connectivity index (χ2n) is 4.86. The van der Waals surface area contributed by atoms with E-state index in [1.807, 2.05) is 0 Å². The van der Waals surface area contributed by atoms with Crippen LogP contribution in [0.4, 0.5) is 4.39 Å². The number of rotatable bonds is 4. The number of aliphatic carboxylic acids is 1. The van der Waals surface area contributed by atoms with Crippen LogP contribution in [-0.2, 0) is 4.79 Å². The van der Waals surface area contributed by atoms with Crippen LogP contribution >= 0.6 is 15.9 Å². The van der Waals surface area contributed by atoms with Crippen molar-refractivity contribution >= 4 is 21.9 Å². The average Bonchev–Trinajstić information content (AvgIpc) is 3.07. The molecule has 102 valence electrons. The van der Waals surface area contributed by atoms with Gasteiger partial charge in [-0.2, -0.15) is 0 Å². The molecule has 0 spiro atoms. The predicted octanol–water partition coefficient (Wildman–Crippen LogP) is 3.29. The largest absolute Gasteiger partial charge is 0.481 e. The minimum Gasteiger partial charge on any atom is -0.481 e. The number of hydrogen-bond donors (Lipinski definition) is 1. The first-order valence-electron chi connectivity index (χ1n) is 6.07. The Bertz CT molecular complexity index is 542. The Balaban J connectivity index is 2.05. The second kappa shape index (κ2) is 4.67. The van der Waals surface area contributed by atoms with Crippen LogP contribution in [0.1, 0.15) is 30.7 Å². The van der Waals surface area contributed by atoms with Crippen LogP contribution in [0.2, 0.25) is 0 Å². The third-order valence-corrected chi connectivity index (χ3v) is 4.34. The van der Waals surface area contributed by atoms with E-state index in [0.29, 0.717) is 21.5 Å². The number of benzene rings is 1. The Morgan fingerprint density at radius 1 is 1.53 bits per heavy atom. The maximum absolute atomic E-state index is 14.2. The van der Waals surface area contributed by atoms with Crippen LogP contribution in [0.5, 0.6) is 11.5 Å². The van der Waals surface area contributed by atoms with Crippen molar-refractivity contribution in [3.8, 4) is 11.5 Å². The third-order valence-electron chi connectivity index (χ3n) is 3.55. The summed E-state index contributed by atoms with van der Waals surface area (Å²) in [5.74, 6) is -0.607. The third kappa shape index (κ3) is 2.29. The zero-order chi connectivity index (χ0) is 13.6. The van der Waals surface area contributed by atoms with E-state index in [-0.39, 0.29) is 25.0 Å². The lowest BCUT2D eigenvalue weighted by atomic mass is 9.90. The van der Waals surface area contributed by atoms with Gasteiger partial charge in [0.15, 0.2) is 11.5 Å². The van der Waals surface area contributed by atoms with Crippen LogP contribution in [0, 0.1) is 11.7 Å². The summed E-state index contributed by atoms with van der Waals surface area (Å²) in [6.07, 6.45) is 1.82. The first-order valence-corrected chi connectivity index (χ1v) is 6.86. The first kappa shape index (κ1) is 12.7. The molecule has 1 N–H and O–H groups in total. The first-order chi connectivity index (χ1) is 9.08. The van der Waals surface area contributed by atoms with Gasteiger partial charge in [-0.05, 0) is 34.7 Å². The molecule has 4 nitrogen and oxygen atoms in total. The lowest BCUT2D eigenvalue weighted by molar-refractivity contribution is -0.137. The fourth-order valence-electron chi connectivity index (χ4n) is 2.52. The van der Waals surface area contributed by atoms with Crippen LogP contribution < -0.4 is 9.47 Å². The molecule has 1 unspecified atom stereocenters. The number of carboxylic acids is 1. The highest BCUT2D eigenvalue weighted by Crippen LogP contribution is 2.51. The molecule has 1 heterocycles. The highest BCUT2D eigenvalue weighted by molar-refractivity contribution is 9.10. The molecular formula is C13H12BrFO4. The van der Waals surface area contributed by atoms with Crippen LogP contribution in [-0.4, -0.2) is 17.9 Å². The van der Waals surface area contributed by atoms with Crippen LogP contribution in [0.15, 0.2) is 10.5 Å². The molecule has 1 aromatic carbocycles. The van der Waals surface area contributed by atoms with E-state index in [9.17, 15) is 9.18 Å². The summed E-state index contributed by atoms with van der Waals surface area (Å²) in [4.78, 5) is 11.0. The Morgan fingerprint density at radius 3 is 2.89 bits per heavy atom. The molecule has 0 radical (unpaired) electrons. The van der Waals surface area contributed by atoms with E-state index >= 15 is 0 Å². The monoisotopic (exact) mass is 330 g/mol. The lowest BCUT2D eigenvalue weighted by Gasteiger charge is -2.18. The maximum atomic E-state index is 14.2. The topological polar surface area (TPSA) is 55.8 Å². The van der Waals surface area contributed by atoms with Crippen molar-refractivity contribution in [2.24, 2.45) is 5.92 Å². The molecule has 1 saturated carbocycles. The summed E-state index contributed by atoms with van der Waals surface area (Å²) in [6, 6.07) is 1.28. The highest BCUT2D eigenvalue weighted by atomic mass is 79.9. The number of halogens is 2. The van der Waals surface area contributed by atoms with Gasteiger partial charge in [0.05, 0.1) is 10.9 Å². The fraction of sp³-hybridized carbons (Fsp3) is 0.462. The molecule has 6 heteroatoms. The van der Waals surface area contributed by atoms with Gasteiger partial charge in [0.25, 0.3) is 0 Å². The van der Waals surface area contributed by atoms with Crippen LogP contribution in [0.25, 0.3) is 0 Å². The summed E-state index contributed by atoms with van der Waals surface area (Å²) in [6.45, 7) is 0.0594. The van der Waals surface area contributed by atoms with Crippen molar-refractivity contribution in [1.29, 1.82) is 0 Å². The van der Waals surface area contributed by atoms with Gasteiger partial charge in [-0.25, -0.2) is 4.39 Å². The molecule has 3 rings (SSSR count). The smallest absolute Gasteiger partial charge is 0.303 e. The Kier molecular flexibility index (Phi) is 3.12. The molecule has 1 aromatic rings. The number of fused-ring (bicyclic) bond motifs is 1. The summed E-state index contributed by atoms with van der Waals surface area (Å²) in [5.41, 5.74) is 0.397. The van der Waals surface area contributed by atoms with E-state index in [2.05, 4.69) is 15.9 Å². The minimum absolute atomic E-state index is 0.0594. The molecule has 2 aliphatic rings. The molecular weight excluding hydrogens is 319 g/mol. The van der Waals surface area contributed by atoms with E-state index in [0.717, 1.165) is 12.8 Å². The Hall–Kier alpha value is -1.30. The molecule has 0 aromatic heterocycles. The standard InChI is InChI=1S/C13H12BrFO4/c14-12-11(7(3-10(16)17)6-1-2-6)8(15)4-9-13(12)19-5-18-9/h4,6-7H,1-3,5H2,(H,16,17). The summed E-state index contributed by atoms with van der Waals surface area (Å²) >= 11 is 3.33. The van der Waals surface area contributed by atoms with E-state index < -0.39 is 11.8 Å². The Labute approximate surface area is 117 Å². The van der Waals surface area contributed by atoms with Gasteiger partial charge in [-0.15, -0.1) is 0 Å². The molecule has 1 atom stereocenters. The number of ether oxygens (including phenoxy) is 2. The van der Waals surface area contributed by atoms with Gasteiger partial charge in [-0.1, -0.05) is 0 Å². The maximum Gasteiger partial charge on any atom is 0.303 e. The van der Waals surface area contributed by atoms with Gasteiger partial charge in [0, 0.05) is 17.5 Å². The van der Waals surface area contributed by atoms with E-state index in [1.165, 1.54) is 6.07 Å². The van der Waals surface area contributed by atoms with Gasteiger partial charge in [-0.3, -0.25) is 4.79 Å². The van der Waals surface area contributed by atoms with Crippen LogP contribution in [0.3, 0.4) is 0 Å². The van der Waals surface area contributed by atoms with Crippen molar-refractivity contribution in [3.63, 3.8) is 0 Å². The van der Waals surface area contributed by atoms with Crippen molar-refractivity contribution in [1.82, 2.24) is 0 Å². The lowest BCUT2D eigenvalue weighted by Crippen LogP contribution is -2.11. The van der Waals surface area contributed by atoms with Crippen molar-refractivity contribution < 1.29 is 23.8 Å². The highest BCUT2D eigenvalue weighted by Gasteiger charge is 2.38. The van der Waals surface area contributed by atoms with Gasteiger partial charge < -0.3 is 14.6 Å². The molecule has 1 fully saturated rings. The molecule has 1 aliphatic carbocycles. The van der Waals surface area contributed by atoms with Gasteiger partial charge >= 0.3 is 5.97 Å². The molecule has 1 aliphatic heterocycles. The molecule has 0 saturated heterocycles.